The van der Waals surface area contributed by atoms with E-state index in [2.05, 4.69) is 13.8 Å². The minimum absolute atomic E-state index is 0.104. The first-order valence-electron chi connectivity index (χ1n) is 10.3. The topological polar surface area (TPSA) is 101 Å². The third-order valence-corrected chi connectivity index (χ3v) is 7.87. The molecule has 0 N–H and O–H groups in total. The van der Waals surface area contributed by atoms with Crippen molar-refractivity contribution in [2.45, 2.75) is 38.0 Å². The second-order valence-corrected chi connectivity index (χ2v) is 9.72. The molecule has 2 aromatic carbocycles. The molecular weight excluding hydrogens is 418 g/mol. The number of nitro benzene ring substituents is 1. The maximum absolute atomic E-state index is 13.0. The molecule has 0 aliphatic carbocycles. The van der Waals surface area contributed by atoms with E-state index in [1.54, 1.807) is 30.0 Å². The first-order chi connectivity index (χ1) is 14.7. The van der Waals surface area contributed by atoms with Gasteiger partial charge in [0.05, 0.1) is 9.82 Å². The van der Waals surface area contributed by atoms with Crippen LogP contribution in [0.25, 0.3) is 0 Å². The highest BCUT2D eigenvalue weighted by Gasteiger charge is 2.31. The van der Waals surface area contributed by atoms with Crippen LogP contribution >= 0.6 is 0 Å². The molecule has 166 valence electrons. The molecule has 1 saturated heterocycles. The van der Waals surface area contributed by atoms with Gasteiger partial charge in [0.25, 0.3) is 11.6 Å². The summed E-state index contributed by atoms with van der Waals surface area (Å²) in [6, 6.07) is 11.4. The quantitative estimate of drug-likeness (QED) is 0.500. The first-order valence-corrected chi connectivity index (χ1v) is 11.7. The summed E-state index contributed by atoms with van der Waals surface area (Å²) in [4.78, 5) is 25.3. The fraction of sp³-hybridized carbons (Fsp3) is 0.409. The lowest BCUT2D eigenvalue weighted by molar-refractivity contribution is -0.385. The van der Waals surface area contributed by atoms with Crippen LogP contribution in [-0.4, -0.2) is 54.6 Å². The standard InChI is InChI=1S/C22H27N3O5S/c1-4-16(2)18-8-10-19(11-9-18)31(29,30)24-14-12-23(13-15-24)22(26)20-6-5-7-21(17(20)3)25(27)28/h5-11,16H,4,12-15H2,1-3H3. The molecule has 1 aliphatic rings. The smallest absolute Gasteiger partial charge is 0.273 e. The summed E-state index contributed by atoms with van der Waals surface area (Å²) in [5.74, 6) is 0.0414. The molecular formula is C22H27N3O5S. The molecule has 0 spiro atoms. The van der Waals surface area contributed by atoms with Gasteiger partial charge in [-0.3, -0.25) is 14.9 Å². The van der Waals surface area contributed by atoms with Gasteiger partial charge >= 0.3 is 0 Å². The van der Waals surface area contributed by atoms with E-state index in [0.29, 0.717) is 11.5 Å². The third-order valence-electron chi connectivity index (χ3n) is 5.96. The average molecular weight is 446 g/mol. The summed E-state index contributed by atoms with van der Waals surface area (Å²) in [7, 11) is -3.65. The number of benzene rings is 2. The Morgan fingerprint density at radius 2 is 1.71 bits per heavy atom. The number of hydrogen-bond acceptors (Lipinski definition) is 5. The van der Waals surface area contributed by atoms with Crippen LogP contribution in [0.1, 0.15) is 47.7 Å². The summed E-state index contributed by atoms with van der Waals surface area (Å²) < 4.78 is 27.4. The van der Waals surface area contributed by atoms with Crippen molar-refractivity contribution in [2.24, 2.45) is 0 Å². The highest BCUT2D eigenvalue weighted by atomic mass is 32.2. The van der Waals surface area contributed by atoms with Gasteiger partial charge in [-0.25, -0.2) is 8.42 Å². The summed E-state index contributed by atoms with van der Waals surface area (Å²) in [6.07, 6.45) is 0.978. The zero-order valence-corrected chi connectivity index (χ0v) is 18.8. The van der Waals surface area contributed by atoms with Crippen LogP contribution < -0.4 is 0 Å². The second kappa shape index (κ2) is 9.15. The number of sulfonamides is 1. The van der Waals surface area contributed by atoms with Crippen molar-refractivity contribution < 1.29 is 18.1 Å². The molecule has 0 aromatic heterocycles. The second-order valence-electron chi connectivity index (χ2n) is 7.78. The Balaban J connectivity index is 1.71. The summed E-state index contributed by atoms with van der Waals surface area (Å²) in [5.41, 5.74) is 1.58. The molecule has 1 unspecified atom stereocenters. The SMILES string of the molecule is CCC(C)c1ccc(S(=O)(=O)N2CCN(C(=O)c3cccc([N+](=O)[O-])c3C)CC2)cc1. The Hall–Kier alpha value is -2.78. The van der Waals surface area contributed by atoms with Gasteiger partial charge in [0.2, 0.25) is 10.0 Å². The molecule has 1 aliphatic heterocycles. The van der Waals surface area contributed by atoms with Gasteiger partial charge in [0, 0.05) is 43.4 Å². The van der Waals surface area contributed by atoms with Crippen molar-refractivity contribution in [3.63, 3.8) is 0 Å². The molecule has 1 heterocycles. The zero-order chi connectivity index (χ0) is 22.8. The minimum Gasteiger partial charge on any atom is -0.336 e. The van der Waals surface area contributed by atoms with Gasteiger partial charge in [0.15, 0.2) is 0 Å². The number of carbonyl (C=O) groups excluding carboxylic acids is 1. The monoisotopic (exact) mass is 445 g/mol. The number of amides is 1. The van der Waals surface area contributed by atoms with E-state index in [-0.39, 0.29) is 48.2 Å². The van der Waals surface area contributed by atoms with Gasteiger partial charge < -0.3 is 4.90 Å². The number of carbonyl (C=O) groups is 1. The zero-order valence-electron chi connectivity index (χ0n) is 17.9. The van der Waals surface area contributed by atoms with Crippen LogP contribution in [0.3, 0.4) is 0 Å². The van der Waals surface area contributed by atoms with E-state index < -0.39 is 14.9 Å². The fourth-order valence-electron chi connectivity index (χ4n) is 3.71. The van der Waals surface area contributed by atoms with E-state index in [0.717, 1.165) is 12.0 Å². The average Bonchev–Trinajstić information content (AvgIpc) is 2.78. The first kappa shape index (κ1) is 22.9. The van der Waals surface area contributed by atoms with Gasteiger partial charge in [0.1, 0.15) is 0 Å². The molecule has 1 fully saturated rings. The van der Waals surface area contributed by atoms with E-state index in [4.69, 9.17) is 0 Å². The van der Waals surface area contributed by atoms with E-state index in [1.807, 2.05) is 12.1 Å². The molecule has 1 atom stereocenters. The number of hydrogen-bond donors (Lipinski definition) is 0. The van der Waals surface area contributed by atoms with Crippen molar-refractivity contribution in [1.82, 2.24) is 9.21 Å². The molecule has 3 rings (SSSR count). The summed E-state index contributed by atoms with van der Waals surface area (Å²) in [5, 5.41) is 11.1. The van der Waals surface area contributed by atoms with Crippen LogP contribution in [0.2, 0.25) is 0 Å². The van der Waals surface area contributed by atoms with Crippen molar-refractivity contribution >= 4 is 21.6 Å². The van der Waals surface area contributed by atoms with Crippen LogP contribution in [0.15, 0.2) is 47.4 Å². The molecule has 0 bridgehead atoms. The predicted octanol–water partition coefficient (Wildman–Crippen LogP) is 3.56. The number of rotatable bonds is 6. The number of nitro groups is 1. The van der Waals surface area contributed by atoms with Crippen LogP contribution in [0.4, 0.5) is 5.69 Å². The minimum atomic E-state index is -3.65. The Morgan fingerprint density at radius 3 is 2.26 bits per heavy atom. The van der Waals surface area contributed by atoms with E-state index in [1.165, 1.54) is 16.4 Å². The Kier molecular flexibility index (Phi) is 6.76. The molecule has 9 heteroatoms. The van der Waals surface area contributed by atoms with Crippen molar-refractivity contribution in [3.8, 4) is 0 Å². The highest BCUT2D eigenvalue weighted by molar-refractivity contribution is 7.89. The van der Waals surface area contributed by atoms with Crippen molar-refractivity contribution in [2.75, 3.05) is 26.2 Å². The predicted molar refractivity (Wildman–Crippen MR) is 118 cm³/mol. The molecule has 0 saturated carbocycles. The Labute approximate surface area is 182 Å². The van der Waals surface area contributed by atoms with Crippen LogP contribution in [0.5, 0.6) is 0 Å². The number of piperazine rings is 1. The van der Waals surface area contributed by atoms with Gasteiger partial charge in [-0.2, -0.15) is 4.31 Å². The maximum atomic E-state index is 13.0. The lowest BCUT2D eigenvalue weighted by Gasteiger charge is -2.34. The fourth-order valence-corrected chi connectivity index (χ4v) is 5.13. The van der Waals surface area contributed by atoms with Crippen LogP contribution in [0, 0.1) is 17.0 Å². The Bertz CT molecular complexity index is 1070. The van der Waals surface area contributed by atoms with Gasteiger partial charge in [-0.15, -0.1) is 0 Å². The van der Waals surface area contributed by atoms with Gasteiger partial charge in [-0.05, 0) is 43.0 Å². The van der Waals surface area contributed by atoms with Crippen LogP contribution in [-0.2, 0) is 10.0 Å². The molecule has 31 heavy (non-hydrogen) atoms. The highest BCUT2D eigenvalue weighted by Crippen LogP contribution is 2.25. The molecule has 8 nitrogen and oxygen atoms in total. The molecule has 2 aromatic rings. The molecule has 1 amide bonds. The lowest BCUT2D eigenvalue weighted by Crippen LogP contribution is -2.50. The van der Waals surface area contributed by atoms with E-state index in [9.17, 15) is 23.3 Å². The largest absolute Gasteiger partial charge is 0.336 e. The molecule has 0 radical (unpaired) electrons. The van der Waals surface area contributed by atoms with Gasteiger partial charge in [-0.1, -0.05) is 32.0 Å². The normalized spacial score (nSPS) is 16.2. The summed E-state index contributed by atoms with van der Waals surface area (Å²) in [6.45, 7) is 6.55. The van der Waals surface area contributed by atoms with E-state index >= 15 is 0 Å². The van der Waals surface area contributed by atoms with Crippen molar-refractivity contribution in [1.29, 1.82) is 0 Å². The maximum Gasteiger partial charge on any atom is 0.273 e. The van der Waals surface area contributed by atoms with Crippen molar-refractivity contribution in [3.05, 3.63) is 69.3 Å². The Morgan fingerprint density at radius 1 is 1.10 bits per heavy atom. The number of nitrogens with zero attached hydrogens (tertiary/aromatic N) is 3. The summed E-state index contributed by atoms with van der Waals surface area (Å²) >= 11 is 0. The third kappa shape index (κ3) is 4.62. The lowest BCUT2D eigenvalue weighted by atomic mass is 9.99.